The number of oxime groups is 1. The van der Waals surface area contributed by atoms with E-state index in [0.717, 1.165) is 43.6 Å². The van der Waals surface area contributed by atoms with Gasteiger partial charge in [0.15, 0.2) is 0 Å². The second kappa shape index (κ2) is 8.49. The predicted molar refractivity (Wildman–Crippen MR) is 119 cm³/mol. The van der Waals surface area contributed by atoms with Gasteiger partial charge in [0, 0.05) is 12.8 Å². The molecule has 0 aromatic heterocycles. The van der Waals surface area contributed by atoms with Crippen molar-refractivity contribution in [3.05, 3.63) is 0 Å². The highest BCUT2D eigenvalue weighted by atomic mass is 16.6. The van der Waals surface area contributed by atoms with Gasteiger partial charge in [0.05, 0.1) is 6.10 Å². The Morgan fingerprint density at radius 2 is 1.90 bits per heavy atom. The zero-order valence-corrected chi connectivity index (χ0v) is 19.3. The molecule has 0 amide bonds. The Bertz CT molecular complexity index is 593. The van der Waals surface area contributed by atoms with E-state index < -0.39 is 0 Å². The average molecular weight is 405 g/mol. The molecule has 1 unspecified atom stereocenters. The molecule has 29 heavy (non-hydrogen) atoms. The zero-order chi connectivity index (χ0) is 20.6. The zero-order valence-electron chi connectivity index (χ0n) is 19.3. The first-order chi connectivity index (χ1) is 13.8. The second-order valence-electron chi connectivity index (χ2n) is 11.6. The molecule has 0 radical (unpaired) electrons. The third-order valence-corrected chi connectivity index (χ3v) is 9.91. The van der Waals surface area contributed by atoms with Crippen molar-refractivity contribution < 1.29 is 9.94 Å². The number of aliphatic hydroxyl groups is 1. The first-order valence-corrected chi connectivity index (χ1v) is 12.3. The monoisotopic (exact) mass is 404 g/mol. The molecule has 4 nitrogen and oxygen atoms in total. The van der Waals surface area contributed by atoms with Gasteiger partial charge in [-0.1, -0.05) is 25.4 Å². The number of hydrogen-bond acceptors (Lipinski definition) is 4. The Morgan fingerprint density at radius 1 is 1.07 bits per heavy atom. The van der Waals surface area contributed by atoms with Crippen molar-refractivity contribution in [1.82, 2.24) is 4.90 Å². The van der Waals surface area contributed by atoms with Crippen molar-refractivity contribution >= 4 is 6.21 Å². The molecule has 4 aliphatic carbocycles. The Morgan fingerprint density at radius 3 is 2.69 bits per heavy atom. The molecule has 4 heteroatoms. The van der Waals surface area contributed by atoms with E-state index in [-0.39, 0.29) is 6.10 Å². The van der Waals surface area contributed by atoms with E-state index >= 15 is 0 Å². The van der Waals surface area contributed by atoms with E-state index in [1.165, 1.54) is 44.9 Å². The topological polar surface area (TPSA) is 45.1 Å². The Hall–Kier alpha value is -0.610. The van der Waals surface area contributed by atoms with Gasteiger partial charge in [-0.15, -0.1) is 0 Å². The lowest BCUT2D eigenvalue weighted by molar-refractivity contribution is -0.150. The van der Waals surface area contributed by atoms with Gasteiger partial charge in [0.1, 0.15) is 6.61 Å². The molecule has 4 fully saturated rings. The number of fused-ring (bicyclic) bond motifs is 5. The fourth-order valence-corrected chi connectivity index (χ4v) is 8.33. The van der Waals surface area contributed by atoms with Gasteiger partial charge in [-0.3, -0.25) is 0 Å². The first-order valence-electron chi connectivity index (χ1n) is 12.3. The van der Waals surface area contributed by atoms with Crippen LogP contribution in [-0.2, 0) is 4.84 Å². The van der Waals surface area contributed by atoms with Gasteiger partial charge in [0.2, 0.25) is 0 Å². The van der Waals surface area contributed by atoms with E-state index in [4.69, 9.17) is 4.84 Å². The van der Waals surface area contributed by atoms with Crippen LogP contribution < -0.4 is 0 Å². The molecule has 4 aliphatic rings. The predicted octanol–water partition coefficient (Wildman–Crippen LogP) is 4.96. The smallest absolute Gasteiger partial charge is 0.129 e. The molecule has 8 atom stereocenters. The molecule has 4 saturated carbocycles. The molecule has 1 N–H and O–H groups in total. The quantitative estimate of drug-likeness (QED) is 0.387. The number of rotatable bonds is 6. The van der Waals surface area contributed by atoms with Crippen LogP contribution in [0.3, 0.4) is 0 Å². The fraction of sp³-hybridized carbons (Fsp3) is 0.960. The van der Waals surface area contributed by atoms with Crippen LogP contribution in [0.5, 0.6) is 0 Å². The summed E-state index contributed by atoms with van der Waals surface area (Å²) in [6.07, 6.45) is 14.8. The molecular weight excluding hydrogens is 360 g/mol. The third-order valence-electron chi connectivity index (χ3n) is 9.91. The minimum atomic E-state index is -0.127. The minimum Gasteiger partial charge on any atom is -0.395 e. The average Bonchev–Trinajstić information content (AvgIpc) is 3.07. The maximum absolute atomic E-state index is 10.6. The summed E-state index contributed by atoms with van der Waals surface area (Å²) in [5.74, 6) is 3.94. The van der Waals surface area contributed by atoms with Crippen LogP contribution in [0.4, 0.5) is 0 Å². The summed E-state index contributed by atoms with van der Waals surface area (Å²) >= 11 is 0. The molecule has 166 valence electrons. The number of nitrogens with zero attached hydrogens (tertiary/aromatic N) is 2. The highest BCUT2D eigenvalue weighted by Crippen LogP contribution is 2.67. The molecule has 0 saturated heterocycles. The second-order valence-corrected chi connectivity index (χ2v) is 11.6. The Balaban J connectivity index is 1.47. The van der Waals surface area contributed by atoms with Crippen LogP contribution in [0.2, 0.25) is 0 Å². The van der Waals surface area contributed by atoms with Gasteiger partial charge >= 0.3 is 0 Å². The summed E-state index contributed by atoms with van der Waals surface area (Å²) in [5.41, 5.74) is 0.984. The van der Waals surface area contributed by atoms with E-state index in [9.17, 15) is 5.11 Å². The summed E-state index contributed by atoms with van der Waals surface area (Å²) in [5, 5.41) is 14.9. The van der Waals surface area contributed by atoms with E-state index in [1.54, 1.807) is 0 Å². The van der Waals surface area contributed by atoms with Crippen LogP contribution in [0.1, 0.15) is 78.1 Å². The number of aliphatic hydroxyl groups excluding tert-OH is 1. The maximum Gasteiger partial charge on any atom is 0.129 e. The van der Waals surface area contributed by atoms with Crippen LogP contribution >= 0.6 is 0 Å². The van der Waals surface area contributed by atoms with E-state index in [2.05, 4.69) is 38.0 Å². The molecular formula is C25H44N2O2. The van der Waals surface area contributed by atoms with Gasteiger partial charge in [0.25, 0.3) is 0 Å². The molecule has 0 bridgehead atoms. The van der Waals surface area contributed by atoms with Crippen LogP contribution in [0.15, 0.2) is 5.16 Å². The standard InChI is InChI=1S/C25H44N2O2/c1-24-11-5-6-22(24)21-8-7-18-16-20(28)17-19(25(18,2)23(21)9-12-24)10-13-26-29-15-14-27(3)4/h13,18-23,28H,5-12,14-17H2,1-4H3/b26-13+/t18-,19?,20-,21+,22+,23+,24+,25-/m1/s1. The molecule has 4 rings (SSSR count). The summed E-state index contributed by atoms with van der Waals surface area (Å²) in [6, 6.07) is 0. The lowest BCUT2D eigenvalue weighted by Crippen LogP contribution is -2.56. The largest absolute Gasteiger partial charge is 0.395 e. The Labute approximate surface area is 178 Å². The summed E-state index contributed by atoms with van der Waals surface area (Å²) in [6.45, 7) is 6.73. The molecule has 0 aliphatic heterocycles. The Kier molecular flexibility index (Phi) is 6.33. The number of likely N-dealkylation sites (N-methyl/N-ethyl adjacent to an activating group) is 1. The van der Waals surface area contributed by atoms with Crippen molar-refractivity contribution in [2.24, 2.45) is 45.6 Å². The van der Waals surface area contributed by atoms with E-state index in [1.807, 2.05) is 6.21 Å². The van der Waals surface area contributed by atoms with Gasteiger partial charge in [-0.25, -0.2) is 0 Å². The molecule has 0 aromatic rings. The summed E-state index contributed by atoms with van der Waals surface area (Å²) < 4.78 is 0. The van der Waals surface area contributed by atoms with E-state index in [0.29, 0.717) is 29.3 Å². The SMILES string of the molecule is CN(C)CCO/N=C/CC1C[C@H](O)C[C@H]2CC[C@H]3[C@@H]4CCC[C@@]4(C)CC[C@@H]3[C@@]12C. The highest BCUT2D eigenvalue weighted by Gasteiger charge is 2.60. The van der Waals surface area contributed by atoms with Gasteiger partial charge in [-0.2, -0.15) is 0 Å². The normalized spacial score (nSPS) is 47.1. The van der Waals surface area contributed by atoms with Gasteiger partial charge < -0.3 is 14.8 Å². The van der Waals surface area contributed by atoms with Crippen LogP contribution in [-0.4, -0.2) is 49.6 Å². The van der Waals surface area contributed by atoms with Crippen LogP contribution in [0.25, 0.3) is 0 Å². The first kappa shape index (κ1) is 21.6. The van der Waals surface area contributed by atoms with Crippen molar-refractivity contribution in [2.45, 2.75) is 84.2 Å². The summed E-state index contributed by atoms with van der Waals surface area (Å²) in [7, 11) is 4.10. The van der Waals surface area contributed by atoms with Crippen molar-refractivity contribution in [2.75, 3.05) is 27.2 Å². The van der Waals surface area contributed by atoms with Crippen molar-refractivity contribution in [1.29, 1.82) is 0 Å². The molecule has 0 heterocycles. The van der Waals surface area contributed by atoms with Crippen molar-refractivity contribution in [3.8, 4) is 0 Å². The molecule has 0 aromatic carbocycles. The summed E-state index contributed by atoms with van der Waals surface area (Å²) in [4.78, 5) is 7.59. The minimum absolute atomic E-state index is 0.127. The third kappa shape index (κ3) is 4.01. The maximum atomic E-state index is 10.6. The van der Waals surface area contributed by atoms with Crippen LogP contribution in [0, 0.1) is 40.4 Å². The lowest BCUT2D eigenvalue weighted by Gasteiger charge is -2.63. The number of hydrogen-bond donors (Lipinski definition) is 1. The molecule has 0 spiro atoms. The lowest BCUT2D eigenvalue weighted by atomic mass is 9.42. The highest BCUT2D eigenvalue weighted by molar-refractivity contribution is 5.57. The van der Waals surface area contributed by atoms with Crippen molar-refractivity contribution in [3.63, 3.8) is 0 Å². The van der Waals surface area contributed by atoms with Gasteiger partial charge in [-0.05, 0) is 112 Å². The fourth-order valence-electron chi connectivity index (χ4n) is 8.33.